The average molecular weight is 717 g/mol. The standard InChI is InChI=1S/C33H49P.Au.N3/c1-23(2)26-21-30(24(3)4)33(31(22-26)25(5)6)29-19-13-14-20-32(29)34(27-15-9-7-10-16-27)28-17-11-8-12-18-28;;1-3-2/h13-14,19-25,27-28H,7-12,15-18H2,1-6H3;;/q;+1;-1/p+1. The number of hydrogen-bond acceptors (Lipinski definition) is 0. The second-order valence-electron chi connectivity index (χ2n) is 12.3. The van der Waals surface area contributed by atoms with Crippen molar-refractivity contribution in [2.45, 2.75) is 135 Å². The van der Waals surface area contributed by atoms with E-state index in [1.54, 1.807) is 27.6 Å². The van der Waals surface area contributed by atoms with Gasteiger partial charge >= 0.3 is 22.4 Å². The van der Waals surface area contributed by atoms with Gasteiger partial charge in [0.2, 0.25) is 0 Å². The second-order valence-corrected chi connectivity index (χ2v) is 15.4. The Morgan fingerprint density at radius 2 is 1.11 bits per heavy atom. The molecule has 0 N–H and O–H groups in total. The van der Waals surface area contributed by atoms with Gasteiger partial charge in [0.25, 0.3) is 0 Å². The predicted molar refractivity (Wildman–Crippen MR) is 166 cm³/mol. The Hall–Kier alpha value is -1.08. The maximum atomic E-state index is 6.75. The van der Waals surface area contributed by atoms with Crippen LogP contribution in [-0.2, 0) is 22.4 Å². The van der Waals surface area contributed by atoms with Crippen LogP contribution in [0.3, 0.4) is 0 Å². The molecule has 0 amide bonds. The summed E-state index contributed by atoms with van der Waals surface area (Å²) in [5.74, 6) is 1.65. The van der Waals surface area contributed by atoms with Crippen LogP contribution in [0.15, 0.2) is 36.4 Å². The fraction of sp³-hybridized carbons (Fsp3) is 0.636. The Balaban J connectivity index is 0.00000121. The van der Waals surface area contributed by atoms with Gasteiger partial charge in [-0.25, -0.2) is 0 Å². The fourth-order valence-corrected chi connectivity index (χ4v) is 11.2. The number of rotatable bonds is 7. The molecule has 0 bridgehead atoms. The molecule has 2 saturated carbocycles. The van der Waals surface area contributed by atoms with Crippen molar-refractivity contribution in [1.82, 2.24) is 0 Å². The minimum Gasteiger partial charge on any atom is -0.373 e. The van der Waals surface area contributed by atoms with Crippen molar-refractivity contribution >= 4 is 13.2 Å². The summed E-state index contributed by atoms with van der Waals surface area (Å²) in [5.41, 5.74) is 23.3. The van der Waals surface area contributed by atoms with Crippen LogP contribution in [0.5, 0.6) is 0 Å². The van der Waals surface area contributed by atoms with Crippen LogP contribution in [0.1, 0.15) is 140 Å². The summed E-state index contributed by atoms with van der Waals surface area (Å²) in [5, 5.41) is 1.78. The molecule has 2 aliphatic rings. The molecule has 3 nitrogen and oxygen atoms in total. The monoisotopic (exact) mass is 716 g/mol. The van der Waals surface area contributed by atoms with Gasteiger partial charge in [-0.2, -0.15) is 0 Å². The van der Waals surface area contributed by atoms with Gasteiger partial charge in [0.15, 0.2) is 0 Å². The molecule has 0 aromatic heterocycles. The minimum absolute atomic E-state index is 0. The maximum absolute atomic E-state index is 6.75. The van der Waals surface area contributed by atoms with Gasteiger partial charge in [-0.3, -0.25) is 4.91 Å². The van der Waals surface area contributed by atoms with E-state index >= 15 is 0 Å². The zero-order chi connectivity index (χ0) is 26.9. The molecule has 0 saturated heterocycles. The van der Waals surface area contributed by atoms with Gasteiger partial charge in [0, 0.05) is 13.5 Å². The Bertz CT molecular complexity index is 983. The number of hydrogen-bond donors (Lipinski definition) is 0. The zero-order valence-electron chi connectivity index (χ0n) is 24.6. The molecule has 0 spiro atoms. The molecule has 0 unspecified atom stereocenters. The van der Waals surface area contributed by atoms with E-state index in [4.69, 9.17) is 11.1 Å². The molecule has 38 heavy (non-hydrogen) atoms. The fourth-order valence-electron chi connectivity index (χ4n) is 6.82. The van der Waals surface area contributed by atoms with Crippen LogP contribution in [0.2, 0.25) is 0 Å². The SMILES string of the molecule is CC(C)c1cc(C(C)C)c(-c2ccccc2[PH+](C2CCCCC2)C2CCCCC2)c(C(C)C)c1.[Au+].[N-]=[N+]=[N-]. The van der Waals surface area contributed by atoms with Crippen LogP contribution >= 0.6 is 7.92 Å². The molecule has 2 aromatic rings. The molecular weight excluding hydrogens is 666 g/mol. The third kappa shape index (κ3) is 8.22. The first kappa shape index (κ1) is 33.1. The second kappa shape index (κ2) is 16.2. The van der Waals surface area contributed by atoms with Crippen LogP contribution < -0.4 is 5.30 Å². The average Bonchev–Trinajstić information content (AvgIpc) is 2.90. The van der Waals surface area contributed by atoms with E-state index in [0.29, 0.717) is 17.8 Å². The van der Waals surface area contributed by atoms with E-state index in [1.165, 1.54) is 74.7 Å². The summed E-state index contributed by atoms with van der Waals surface area (Å²) in [6, 6.07) is 14.9. The largest absolute Gasteiger partial charge is 1.00 e. The van der Waals surface area contributed by atoms with Gasteiger partial charge in [-0.15, -0.1) is 0 Å². The maximum Gasteiger partial charge on any atom is 1.00 e. The number of benzene rings is 2. The zero-order valence-corrected chi connectivity index (χ0v) is 27.7. The van der Waals surface area contributed by atoms with Gasteiger partial charge in [-0.1, -0.05) is 84.7 Å². The summed E-state index contributed by atoms with van der Waals surface area (Å²) in [7, 11) is -0.610. The first-order chi connectivity index (χ1) is 17.8. The van der Waals surface area contributed by atoms with Crippen LogP contribution in [0, 0.1) is 0 Å². The van der Waals surface area contributed by atoms with Crippen molar-refractivity contribution in [2.24, 2.45) is 0 Å². The van der Waals surface area contributed by atoms with E-state index in [9.17, 15) is 0 Å². The first-order valence-electron chi connectivity index (χ1n) is 14.9. The molecule has 0 atom stereocenters. The van der Waals surface area contributed by atoms with E-state index in [0.717, 1.165) is 11.3 Å². The van der Waals surface area contributed by atoms with E-state index in [2.05, 4.69) is 77.9 Å². The van der Waals surface area contributed by atoms with Crippen molar-refractivity contribution < 1.29 is 22.4 Å². The normalized spacial score (nSPS) is 16.8. The molecule has 0 heterocycles. The molecular formula is C33H50AuN3P+. The van der Waals surface area contributed by atoms with Crippen molar-refractivity contribution in [3.63, 3.8) is 0 Å². The topological polar surface area (TPSA) is 58.7 Å². The van der Waals surface area contributed by atoms with Crippen molar-refractivity contribution in [2.75, 3.05) is 0 Å². The Morgan fingerprint density at radius 3 is 1.50 bits per heavy atom. The van der Waals surface area contributed by atoms with Crippen molar-refractivity contribution in [3.8, 4) is 11.1 Å². The van der Waals surface area contributed by atoms with Crippen LogP contribution in [-0.4, -0.2) is 11.3 Å². The van der Waals surface area contributed by atoms with Gasteiger partial charge in [0.05, 0.1) is 16.6 Å². The summed E-state index contributed by atoms with van der Waals surface area (Å²) in [4.78, 5) is 1.50. The Morgan fingerprint density at radius 1 is 0.684 bits per heavy atom. The van der Waals surface area contributed by atoms with Crippen molar-refractivity contribution in [3.05, 3.63) is 69.1 Å². The molecule has 0 aliphatic heterocycles. The third-order valence-corrected chi connectivity index (χ3v) is 12.7. The molecule has 2 aliphatic carbocycles. The van der Waals surface area contributed by atoms with Gasteiger partial charge in [-0.05, 0) is 97.4 Å². The summed E-state index contributed by atoms with van der Waals surface area (Å²) in [6.45, 7) is 14.3. The minimum atomic E-state index is -0.610. The van der Waals surface area contributed by atoms with Crippen LogP contribution in [0.4, 0.5) is 0 Å². The third-order valence-electron chi connectivity index (χ3n) is 8.73. The summed E-state index contributed by atoms with van der Waals surface area (Å²) < 4.78 is 0. The smallest absolute Gasteiger partial charge is 0.373 e. The molecule has 0 radical (unpaired) electrons. The summed E-state index contributed by atoms with van der Waals surface area (Å²) >= 11 is 0. The van der Waals surface area contributed by atoms with Gasteiger partial charge in [0.1, 0.15) is 0 Å². The van der Waals surface area contributed by atoms with E-state index in [-0.39, 0.29) is 22.4 Å². The quantitative estimate of drug-likeness (QED) is 0.0901. The molecule has 212 valence electrons. The molecule has 4 rings (SSSR count). The number of nitrogens with zero attached hydrogens (tertiary/aromatic N) is 3. The van der Waals surface area contributed by atoms with Gasteiger partial charge < -0.3 is 11.1 Å². The molecule has 2 fully saturated rings. The predicted octanol–water partition coefficient (Wildman–Crippen LogP) is 11.1. The Kier molecular flexibility index (Phi) is 14.2. The molecule has 5 heteroatoms. The summed E-state index contributed by atoms with van der Waals surface area (Å²) in [6.07, 6.45) is 14.7. The molecule has 2 aromatic carbocycles. The van der Waals surface area contributed by atoms with Crippen LogP contribution in [0.25, 0.3) is 27.1 Å². The van der Waals surface area contributed by atoms with E-state index < -0.39 is 7.92 Å². The van der Waals surface area contributed by atoms with Crippen molar-refractivity contribution in [1.29, 1.82) is 0 Å². The van der Waals surface area contributed by atoms with E-state index in [1.807, 2.05) is 0 Å². The Labute approximate surface area is 249 Å². The first-order valence-corrected chi connectivity index (χ1v) is 16.6.